The Labute approximate surface area is 248 Å². The van der Waals surface area contributed by atoms with E-state index < -0.39 is 35.7 Å². The second-order valence-electron chi connectivity index (χ2n) is 11.2. The highest BCUT2D eigenvalue weighted by atomic mass is 19.2. The highest BCUT2D eigenvalue weighted by molar-refractivity contribution is 6.01. The van der Waals surface area contributed by atoms with Crippen LogP contribution in [0.5, 0.6) is 0 Å². The Balaban J connectivity index is 1.31. The fourth-order valence-electron chi connectivity index (χ4n) is 6.52. The van der Waals surface area contributed by atoms with Gasteiger partial charge in [0.15, 0.2) is 11.6 Å². The first-order valence-corrected chi connectivity index (χ1v) is 14.4. The van der Waals surface area contributed by atoms with E-state index in [-0.39, 0.29) is 41.2 Å². The van der Waals surface area contributed by atoms with Crippen LogP contribution in [0, 0.1) is 17.5 Å². The van der Waals surface area contributed by atoms with Crippen molar-refractivity contribution in [2.45, 2.75) is 56.1 Å². The second kappa shape index (κ2) is 13.2. The lowest BCUT2D eigenvalue weighted by atomic mass is 9.81. The number of ether oxygens (including phenoxy) is 2. The summed E-state index contributed by atoms with van der Waals surface area (Å²) >= 11 is 0. The molecule has 0 aromatic heterocycles. The number of rotatable bonds is 7. The van der Waals surface area contributed by atoms with Crippen molar-refractivity contribution in [1.82, 2.24) is 20.4 Å². The van der Waals surface area contributed by atoms with Crippen molar-refractivity contribution in [2.24, 2.45) is 0 Å². The van der Waals surface area contributed by atoms with Crippen LogP contribution >= 0.6 is 0 Å². The van der Waals surface area contributed by atoms with E-state index in [2.05, 4.69) is 15.5 Å². The zero-order valence-corrected chi connectivity index (χ0v) is 24.1. The number of halogens is 3. The molecule has 43 heavy (non-hydrogen) atoms. The number of urea groups is 2. The zero-order valence-electron chi connectivity index (χ0n) is 24.1. The SMILES string of the molecule is COCC1=C(C(=O)OC)C(c2ccc(F)c(F)c2)N(C(=O)N[C@@H]2CCN(C3CCC(c4ccccc4F)CC3)C2)C(=O)N1. The van der Waals surface area contributed by atoms with Crippen molar-refractivity contribution in [2.75, 3.05) is 33.9 Å². The van der Waals surface area contributed by atoms with Crippen LogP contribution in [0.25, 0.3) is 0 Å². The maximum absolute atomic E-state index is 14.3. The van der Waals surface area contributed by atoms with Gasteiger partial charge in [0, 0.05) is 32.3 Å². The van der Waals surface area contributed by atoms with Gasteiger partial charge in [0.1, 0.15) is 11.9 Å². The number of carbonyl (C=O) groups is 3. The normalized spacial score (nSPS) is 24.6. The summed E-state index contributed by atoms with van der Waals surface area (Å²) in [6.07, 6.45) is 4.19. The molecule has 1 saturated carbocycles. The molecule has 0 bridgehead atoms. The Hall–Kier alpha value is -3.90. The minimum atomic E-state index is -1.40. The van der Waals surface area contributed by atoms with Crippen LogP contribution < -0.4 is 10.6 Å². The quantitative estimate of drug-likeness (QED) is 0.445. The average molecular weight is 601 g/mol. The molecule has 3 aliphatic rings. The summed E-state index contributed by atoms with van der Waals surface area (Å²) in [6, 6.07) is 6.80. The Bertz CT molecular complexity index is 1410. The molecule has 0 spiro atoms. The van der Waals surface area contributed by atoms with E-state index in [1.807, 2.05) is 12.1 Å². The fraction of sp³-hybridized carbons (Fsp3) is 0.452. The highest BCUT2D eigenvalue weighted by Gasteiger charge is 2.44. The molecule has 2 N–H and O–H groups in total. The maximum atomic E-state index is 14.3. The minimum absolute atomic E-state index is 0.0116. The third-order valence-corrected chi connectivity index (χ3v) is 8.61. The van der Waals surface area contributed by atoms with Crippen molar-refractivity contribution < 1.29 is 37.0 Å². The lowest BCUT2D eigenvalue weighted by molar-refractivity contribution is -0.137. The third kappa shape index (κ3) is 6.40. The van der Waals surface area contributed by atoms with Gasteiger partial charge in [0.25, 0.3) is 0 Å². The van der Waals surface area contributed by atoms with Crippen molar-refractivity contribution in [3.8, 4) is 0 Å². The van der Waals surface area contributed by atoms with E-state index in [1.165, 1.54) is 19.2 Å². The van der Waals surface area contributed by atoms with Gasteiger partial charge >= 0.3 is 18.0 Å². The van der Waals surface area contributed by atoms with Gasteiger partial charge in [0.05, 0.1) is 25.0 Å². The van der Waals surface area contributed by atoms with Crippen LogP contribution in [0.15, 0.2) is 53.7 Å². The molecule has 2 aromatic rings. The van der Waals surface area contributed by atoms with Crippen molar-refractivity contribution >= 4 is 18.0 Å². The molecule has 9 nitrogen and oxygen atoms in total. The number of imide groups is 1. The molecule has 1 aliphatic carbocycles. The number of hydrogen-bond donors (Lipinski definition) is 2. The predicted octanol–water partition coefficient (Wildman–Crippen LogP) is 4.75. The zero-order chi connectivity index (χ0) is 30.7. The van der Waals surface area contributed by atoms with Crippen molar-refractivity contribution in [3.05, 3.63) is 82.3 Å². The van der Waals surface area contributed by atoms with Gasteiger partial charge in [-0.15, -0.1) is 0 Å². The summed E-state index contributed by atoms with van der Waals surface area (Å²) < 4.78 is 52.5. The Kier molecular flexibility index (Phi) is 9.36. The van der Waals surface area contributed by atoms with Gasteiger partial charge in [-0.1, -0.05) is 24.3 Å². The van der Waals surface area contributed by atoms with Gasteiger partial charge in [-0.2, -0.15) is 0 Å². The third-order valence-electron chi connectivity index (χ3n) is 8.61. The van der Waals surface area contributed by atoms with E-state index in [4.69, 9.17) is 9.47 Å². The number of esters is 1. The van der Waals surface area contributed by atoms with Crippen LogP contribution in [-0.2, 0) is 14.3 Å². The van der Waals surface area contributed by atoms with E-state index in [1.54, 1.807) is 6.07 Å². The standard InChI is InChI=1S/C31H35F3N4O5/c1-42-17-26-27(29(39)43-2)28(19-9-12-24(33)25(34)15-19)38(31(41)36-26)30(40)35-20-13-14-37(16-20)21-10-7-18(8-11-21)22-5-3-4-6-23(22)32/h3-6,9,12,15,18,20-21,28H,7-8,10-11,13-14,16-17H2,1-2H3,(H,35,40)(H,36,41)/t18?,20-,21?,28?/m1/s1. The molecule has 2 aliphatic heterocycles. The number of nitrogens with zero attached hydrogens (tertiary/aromatic N) is 2. The van der Waals surface area contributed by atoms with Crippen molar-refractivity contribution in [3.63, 3.8) is 0 Å². The molecule has 230 valence electrons. The monoisotopic (exact) mass is 600 g/mol. The number of carbonyl (C=O) groups excluding carboxylic acids is 3. The fourth-order valence-corrected chi connectivity index (χ4v) is 6.52. The summed E-state index contributed by atoms with van der Waals surface area (Å²) in [4.78, 5) is 43.0. The number of methoxy groups -OCH3 is 2. The summed E-state index contributed by atoms with van der Waals surface area (Å²) in [5, 5.41) is 5.42. The highest BCUT2D eigenvalue weighted by Crippen LogP contribution is 2.38. The summed E-state index contributed by atoms with van der Waals surface area (Å²) in [7, 11) is 2.50. The second-order valence-corrected chi connectivity index (χ2v) is 11.2. The van der Waals surface area contributed by atoms with Crippen LogP contribution in [0.2, 0.25) is 0 Å². The van der Waals surface area contributed by atoms with E-state index in [0.717, 1.165) is 61.9 Å². The van der Waals surface area contributed by atoms with Gasteiger partial charge in [-0.05, 0) is 67.3 Å². The van der Waals surface area contributed by atoms with Gasteiger partial charge in [0.2, 0.25) is 0 Å². The lowest BCUT2D eigenvalue weighted by Gasteiger charge is -2.37. The van der Waals surface area contributed by atoms with Crippen LogP contribution in [0.4, 0.5) is 22.8 Å². The smallest absolute Gasteiger partial charge is 0.338 e. The first-order valence-electron chi connectivity index (χ1n) is 14.4. The molecule has 2 aromatic carbocycles. The van der Waals surface area contributed by atoms with Gasteiger partial charge in [-0.25, -0.2) is 32.5 Å². The topological polar surface area (TPSA) is 100 Å². The number of amides is 4. The maximum Gasteiger partial charge on any atom is 0.338 e. The Morgan fingerprint density at radius 3 is 2.40 bits per heavy atom. The number of nitrogens with one attached hydrogen (secondary N) is 2. The molecule has 12 heteroatoms. The summed E-state index contributed by atoms with van der Waals surface area (Å²) in [6.45, 7) is 1.10. The number of benzene rings is 2. The molecule has 1 saturated heterocycles. The number of likely N-dealkylation sites (tertiary alicyclic amines) is 1. The minimum Gasteiger partial charge on any atom is -0.466 e. The Morgan fingerprint density at radius 1 is 0.977 bits per heavy atom. The van der Waals surface area contributed by atoms with Gasteiger partial charge in [-0.3, -0.25) is 4.90 Å². The molecular formula is C31H35F3N4O5. The predicted molar refractivity (Wildman–Crippen MR) is 150 cm³/mol. The van der Waals surface area contributed by atoms with Gasteiger partial charge < -0.3 is 20.1 Å². The van der Waals surface area contributed by atoms with Crippen LogP contribution in [-0.4, -0.2) is 73.8 Å². The first kappa shape index (κ1) is 30.6. The lowest BCUT2D eigenvalue weighted by Crippen LogP contribution is -2.56. The summed E-state index contributed by atoms with van der Waals surface area (Å²) in [5.74, 6) is -3.16. The van der Waals surface area contributed by atoms with Crippen molar-refractivity contribution in [1.29, 1.82) is 0 Å². The average Bonchev–Trinajstić information content (AvgIpc) is 3.46. The molecule has 5 rings (SSSR count). The van der Waals surface area contributed by atoms with Crippen LogP contribution in [0.1, 0.15) is 55.2 Å². The Morgan fingerprint density at radius 2 is 1.72 bits per heavy atom. The molecule has 4 amide bonds. The summed E-state index contributed by atoms with van der Waals surface area (Å²) in [5.41, 5.74) is 0.690. The molecule has 2 atom stereocenters. The molecule has 2 heterocycles. The van der Waals surface area contributed by atoms with E-state index in [0.29, 0.717) is 19.0 Å². The molecule has 0 radical (unpaired) electrons. The molecule has 1 unspecified atom stereocenters. The van der Waals surface area contributed by atoms with E-state index >= 15 is 0 Å². The van der Waals surface area contributed by atoms with E-state index in [9.17, 15) is 27.6 Å². The van der Waals surface area contributed by atoms with Crippen LogP contribution in [0.3, 0.4) is 0 Å². The first-order chi connectivity index (χ1) is 20.7. The number of hydrogen-bond acceptors (Lipinski definition) is 6. The molecule has 2 fully saturated rings. The largest absolute Gasteiger partial charge is 0.466 e. The molecular weight excluding hydrogens is 565 g/mol.